The Hall–Kier alpha value is -2.79. The number of anilines is 3. The number of rotatable bonds is 4. The van der Waals surface area contributed by atoms with Gasteiger partial charge in [-0.1, -0.05) is 19.1 Å². The van der Waals surface area contributed by atoms with Gasteiger partial charge in [-0.15, -0.1) is 0 Å². The van der Waals surface area contributed by atoms with Gasteiger partial charge in [0.2, 0.25) is 0 Å². The highest BCUT2D eigenvalue weighted by molar-refractivity contribution is 6.32. The molecule has 0 spiro atoms. The summed E-state index contributed by atoms with van der Waals surface area (Å²) >= 11 is 0. The second kappa shape index (κ2) is 7.45. The Bertz CT molecular complexity index is 864. The number of amides is 1. The van der Waals surface area contributed by atoms with Gasteiger partial charge in [0, 0.05) is 55.0 Å². The van der Waals surface area contributed by atoms with Gasteiger partial charge < -0.3 is 20.4 Å². The zero-order valence-electron chi connectivity index (χ0n) is 16.0. The van der Waals surface area contributed by atoms with Crippen molar-refractivity contribution in [1.29, 1.82) is 0 Å². The van der Waals surface area contributed by atoms with Gasteiger partial charge in [-0.05, 0) is 49.4 Å². The van der Waals surface area contributed by atoms with Crippen molar-refractivity contribution in [2.45, 2.75) is 13.8 Å². The van der Waals surface area contributed by atoms with E-state index in [9.17, 15) is 4.79 Å². The first kappa shape index (κ1) is 17.6. The lowest BCUT2D eigenvalue weighted by atomic mass is 10.0. The third-order valence-corrected chi connectivity index (χ3v) is 5.47. The van der Waals surface area contributed by atoms with Crippen molar-refractivity contribution in [3.63, 3.8) is 0 Å². The van der Waals surface area contributed by atoms with E-state index in [1.165, 1.54) is 5.69 Å². The molecular weight excluding hydrogens is 336 g/mol. The molecule has 2 aromatic rings. The van der Waals surface area contributed by atoms with Gasteiger partial charge in [0.05, 0.1) is 5.57 Å². The molecule has 1 fully saturated rings. The zero-order valence-corrected chi connectivity index (χ0v) is 16.0. The maximum Gasteiger partial charge on any atom is 0.257 e. The molecule has 2 heterocycles. The number of benzene rings is 2. The summed E-state index contributed by atoms with van der Waals surface area (Å²) in [6, 6.07) is 14.4. The lowest BCUT2D eigenvalue weighted by Crippen LogP contribution is -2.46. The summed E-state index contributed by atoms with van der Waals surface area (Å²) in [5.41, 5.74) is 5.88. The topological polar surface area (TPSA) is 47.6 Å². The van der Waals surface area contributed by atoms with Crippen LogP contribution in [0, 0.1) is 6.92 Å². The van der Waals surface area contributed by atoms with Crippen molar-refractivity contribution < 1.29 is 4.79 Å². The van der Waals surface area contributed by atoms with E-state index in [4.69, 9.17) is 0 Å². The lowest BCUT2D eigenvalue weighted by Gasteiger charge is -2.35. The second-order valence-electron chi connectivity index (χ2n) is 7.12. The van der Waals surface area contributed by atoms with E-state index in [2.05, 4.69) is 51.6 Å². The highest BCUT2D eigenvalue weighted by atomic mass is 16.2. The average molecular weight is 362 g/mol. The van der Waals surface area contributed by atoms with Crippen LogP contribution in [0.5, 0.6) is 0 Å². The van der Waals surface area contributed by atoms with Gasteiger partial charge in [-0.2, -0.15) is 0 Å². The van der Waals surface area contributed by atoms with E-state index >= 15 is 0 Å². The molecule has 140 valence electrons. The molecule has 27 heavy (non-hydrogen) atoms. The molecule has 4 rings (SSSR count). The number of nitrogens with one attached hydrogen (secondary N) is 2. The first-order valence-electron chi connectivity index (χ1n) is 9.61. The largest absolute Gasteiger partial charge is 0.369 e. The maximum absolute atomic E-state index is 12.3. The fourth-order valence-electron chi connectivity index (χ4n) is 3.82. The molecule has 1 saturated heterocycles. The number of hydrogen-bond acceptors (Lipinski definition) is 4. The fourth-order valence-corrected chi connectivity index (χ4v) is 3.82. The quantitative estimate of drug-likeness (QED) is 0.817. The summed E-state index contributed by atoms with van der Waals surface area (Å²) in [6.07, 6.45) is 1.81. The number of piperazine rings is 1. The van der Waals surface area contributed by atoms with Gasteiger partial charge in [0.1, 0.15) is 0 Å². The summed E-state index contributed by atoms with van der Waals surface area (Å²) in [5, 5.41) is 6.21. The van der Waals surface area contributed by atoms with Gasteiger partial charge in [0.25, 0.3) is 5.91 Å². The van der Waals surface area contributed by atoms with Gasteiger partial charge in [0.15, 0.2) is 0 Å². The fraction of sp³-hybridized carbons (Fsp3) is 0.318. The predicted octanol–water partition coefficient (Wildman–Crippen LogP) is 3.54. The van der Waals surface area contributed by atoms with Crippen LogP contribution in [-0.4, -0.2) is 43.5 Å². The van der Waals surface area contributed by atoms with E-state index < -0.39 is 0 Å². The number of hydrogen-bond donors (Lipinski definition) is 2. The summed E-state index contributed by atoms with van der Waals surface area (Å²) < 4.78 is 0. The molecule has 0 aromatic heterocycles. The zero-order chi connectivity index (χ0) is 18.8. The molecule has 2 aliphatic heterocycles. The molecule has 5 nitrogen and oxygen atoms in total. The normalized spacial score (nSPS) is 18.5. The Labute approximate surface area is 160 Å². The van der Waals surface area contributed by atoms with Crippen LogP contribution < -0.4 is 15.5 Å². The molecule has 5 heteroatoms. The standard InChI is InChI=1S/C22H26N4O/c1-3-25-11-13-26(14-12-25)18-9-7-17(8-10-18)23-15-19-21-16(2)5-4-6-20(21)24-22(19)27/h4-10,15,23H,3,11-14H2,1-2H3,(H,24,27). The molecule has 2 aliphatic rings. The molecule has 2 aromatic carbocycles. The van der Waals surface area contributed by atoms with Crippen molar-refractivity contribution in [3.8, 4) is 0 Å². The van der Waals surface area contributed by atoms with Gasteiger partial charge in [-0.25, -0.2) is 0 Å². The van der Waals surface area contributed by atoms with E-state index in [1.807, 2.05) is 31.3 Å². The van der Waals surface area contributed by atoms with Crippen LogP contribution in [0.4, 0.5) is 17.1 Å². The van der Waals surface area contributed by atoms with Crippen LogP contribution in [0.25, 0.3) is 5.57 Å². The van der Waals surface area contributed by atoms with Crippen LogP contribution in [-0.2, 0) is 4.79 Å². The smallest absolute Gasteiger partial charge is 0.257 e. The SMILES string of the molecule is CCN1CCN(c2ccc(NC=C3C(=O)Nc4cccc(C)c43)cc2)CC1. The Morgan fingerprint density at radius 3 is 2.52 bits per heavy atom. The number of fused-ring (bicyclic) bond motifs is 1. The van der Waals surface area contributed by atoms with Crippen LogP contribution in [0.3, 0.4) is 0 Å². The lowest BCUT2D eigenvalue weighted by molar-refractivity contribution is -0.110. The molecule has 0 radical (unpaired) electrons. The molecule has 0 bridgehead atoms. The molecule has 1 amide bonds. The summed E-state index contributed by atoms with van der Waals surface area (Å²) in [5.74, 6) is -0.0581. The molecular formula is C22H26N4O. The number of aryl methyl sites for hydroxylation is 1. The van der Waals surface area contributed by atoms with Crippen LogP contribution in [0.2, 0.25) is 0 Å². The molecule has 0 unspecified atom stereocenters. The molecule has 0 saturated carbocycles. The highest BCUT2D eigenvalue weighted by Gasteiger charge is 2.25. The third kappa shape index (κ3) is 3.55. The minimum atomic E-state index is -0.0581. The van der Waals surface area contributed by atoms with Crippen molar-refractivity contribution in [2.24, 2.45) is 0 Å². The van der Waals surface area contributed by atoms with E-state index in [0.29, 0.717) is 5.57 Å². The summed E-state index contributed by atoms with van der Waals surface area (Å²) in [4.78, 5) is 17.2. The van der Waals surface area contributed by atoms with Crippen molar-refractivity contribution in [3.05, 3.63) is 59.8 Å². The van der Waals surface area contributed by atoms with Crippen molar-refractivity contribution in [2.75, 3.05) is 48.3 Å². The predicted molar refractivity (Wildman–Crippen MR) is 112 cm³/mol. The Balaban J connectivity index is 1.46. The number of carbonyl (C=O) groups excluding carboxylic acids is 1. The average Bonchev–Trinajstić information content (AvgIpc) is 3.03. The summed E-state index contributed by atoms with van der Waals surface area (Å²) in [7, 11) is 0. The monoisotopic (exact) mass is 362 g/mol. The molecule has 0 aliphatic carbocycles. The second-order valence-corrected chi connectivity index (χ2v) is 7.12. The Kier molecular flexibility index (Phi) is 4.86. The maximum atomic E-state index is 12.3. The molecule has 0 atom stereocenters. The van der Waals surface area contributed by atoms with Gasteiger partial charge >= 0.3 is 0 Å². The number of carbonyl (C=O) groups is 1. The van der Waals surface area contributed by atoms with Crippen molar-refractivity contribution >= 4 is 28.5 Å². The van der Waals surface area contributed by atoms with Crippen LogP contribution in [0.15, 0.2) is 48.7 Å². The van der Waals surface area contributed by atoms with Gasteiger partial charge in [-0.3, -0.25) is 4.79 Å². The molecule has 2 N–H and O–H groups in total. The highest BCUT2D eigenvalue weighted by Crippen LogP contribution is 2.34. The minimum absolute atomic E-state index is 0.0581. The summed E-state index contributed by atoms with van der Waals surface area (Å²) in [6.45, 7) is 9.76. The Morgan fingerprint density at radius 1 is 1.07 bits per heavy atom. The minimum Gasteiger partial charge on any atom is -0.369 e. The van der Waals surface area contributed by atoms with Crippen molar-refractivity contribution in [1.82, 2.24) is 4.90 Å². The number of nitrogens with zero attached hydrogens (tertiary/aromatic N) is 2. The first-order chi connectivity index (χ1) is 13.2. The van der Waals surface area contributed by atoms with E-state index in [-0.39, 0.29) is 5.91 Å². The Morgan fingerprint density at radius 2 is 1.81 bits per heavy atom. The van der Waals surface area contributed by atoms with E-state index in [0.717, 1.165) is 55.2 Å². The van der Waals surface area contributed by atoms with Crippen LogP contribution in [0.1, 0.15) is 18.1 Å². The van der Waals surface area contributed by atoms with E-state index in [1.54, 1.807) is 0 Å². The van der Waals surface area contributed by atoms with Crippen LogP contribution >= 0.6 is 0 Å². The number of likely N-dealkylation sites (N-methyl/N-ethyl adjacent to an activating group) is 1. The first-order valence-corrected chi connectivity index (χ1v) is 9.61. The third-order valence-electron chi connectivity index (χ3n) is 5.47.